The Hall–Kier alpha value is -3.49. The van der Waals surface area contributed by atoms with E-state index in [9.17, 15) is 4.79 Å². The number of carbonyl (C=O) groups excluding carboxylic acids is 1. The van der Waals surface area contributed by atoms with Crippen molar-refractivity contribution in [2.45, 2.75) is 32.9 Å². The molecule has 0 radical (unpaired) electrons. The Bertz CT molecular complexity index is 1430. The summed E-state index contributed by atoms with van der Waals surface area (Å²) >= 11 is 9.48. The molecule has 0 bridgehead atoms. The highest BCUT2D eigenvalue weighted by Crippen LogP contribution is 2.44. The Morgan fingerprint density at radius 1 is 1.03 bits per heavy atom. The minimum absolute atomic E-state index is 0.103. The molecule has 8 heteroatoms. The Morgan fingerprint density at radius 2 is 1.81 bits per heavy atom. The van der Waals surface area contributed by atoms with Crippen LogP contribution in [-0.2, 0) is 4.79 Å². The van der Waals surface area contributed by atoms with Crippen LogP contribution in [0, 0.1) is 13.8 Å². The van der Waals surface area contributed by atoms with E-state index in [4.69, 9.17) is 12.2 Å². The second-order valence-corrected chi connectivity index (χ2v) is 10.2. The van der Waals surface area contributed by atoms with Gasteiger partial charge in [-0.1, -0.05) is 28.1 Å². The number of benzene rings is 2. The van der Waals surface area contributed by atoms with Crippen molar-refractivity contribution in [3.63, 3.8) is 0 Å². The van der Waals surface area contributed by atoms with Crippen molar-refractivity contribution >= 4 is 50.5 Å². The molecule has 0 aliphatic carbocycles. The number of amides is 1. The first-order chi connectivity index (χ1) is 17.3. The quantitative estimate of drug-likeness (QED) is 0.277. The number of halogens is 1. The minimum Gasteiger partial charge on any atom is -0.351 e. The fraction of sp³-hybridized carbons (Fsp3) is 0.179. The first-order valence-corrected chi connectivity index (χ1v) is 12.9. The minimum atomic E-state index is -0.134. The molecule has 36 heavy (non-hydrogen) atoms. The fourth-order valence-corrected chi connectivity index (χ4v) is 5.69. The average molecular weight is 561 g/mol. The summed E-state index contributed by atoms with van der Waals surface area (Å²) in [6.07, 6.45) is 1.81. The van der Waals surface area contributed by atoms with E-state index in [0.717, 1.165) is 38.6 Å². The molecule has 5 rings (SSSR count). The van der Waals surface area contributed by atoms with Gasteiger partial charge in [0.2, 0.25) is 5.91 Å². The third-order valence-corrected chi connectivity index (χ3v) is 7.23. The van der Waals surface area contributed by atoms with Crippen molar-refractivity contribution in [2.75, 3.05) is 10.2 Å². The molecule has 4 aromatic rings. The Balaban J connectivity index is 1.63. The van der Waals surface area contributed by atoms with Crippen LogP contribution in [0.4, 0.5) is 11.4 Å². The summed E-state index contributed by atoms with van der Waals surface area (Å²) in [5, 5.41) is 6.99. The predicted octanol–water partition coefficient (Wildman–Crippen LogP) is 6.39. The zero-order valence-corrected chi connectivity index (χ0v) is 22.6. The van der Waals surface area contributed by atoms with Crippen LogP contribution in [0.5, 0.6) is 0 Å². The third kappa shape index (κ3) is 4.54. The smallest absolute Gasteiger partial charge is 0.221 e. The predicted molar refractivity (Wildman–Crippen MR) is 152 cm³/mol. The van der Waals surface area contributed by atoms with E-state index in [1.165, 1.54) is 12.5 Å². The Labute approximate surface area is 224 Å². The van der Waals surface area contributed by atoms with Gasteiger partial charge in [0.05, 0.1) is 17.8 Å². The molecule has 2 N–H and O–H groups in total. The first kappa shape index (κ1) is 24.2. The van der Waals surface area contributed by atoms with Gasteiger partial charge in [-0.05, 0) is 92.3 Å². The molecule has 6 nitrogen and oxygen atoms in total. The normalized spacial score (nSPS) is 17.2. The molecule has 1 fully saturated rings. The van der Waals surface area contributed by atoms with Crippen molar-refractivity contribution in [3.05, 3.63) is 106 Å². The van der Waals surface area contributed by atoms with Gasteiger partial charge >= 0.3 is 0 Å². The van der Waals surface area contributed by atoms with Crippen LogP contribution < -0.4 is 15.5 Å². The number of hydrogen-bond acceptors (Lipinski definition) is 3. The second kappa shape index (κ2) is 9.87. The van der Waals surface area contributed by atoms with Crippen molar-refractivity contribution in [3.8, 4) is 5.69 Å². The van der Waals surface area contributed by atoms with E-state index in [1.807, 2.05) is 60.8 Å². The number of rotatable bonds is 5. The van der Waals surface area contributed by atoms with Gasteiger partial charge in [-0.3, -0.25) is 9.78 Å². The highest BCUT2D eigenvalue weighted by molar-refractivity contribution is 9.10. The molecule has 1 aliphatic rings. The highest BCUT2D eigenvalue weighted by Gasteiger charge is 2.42. The van der Waals surface area contributed by atoms with Crippen LogP contribution in [0.2, 0.25) is 0 Å². The van der Waals surface area contributed by atoms with E-state index >= 15 is 0 Å². The van der Waals surface area contributed by atoms with Crippen molar-refractivity contribution in [2.24, 2.45) is 0 Å². The van der Waals surface area contributed by atoms with Crippen LogP contribution >= 0.6 is 28.1 Å². The first-order valence-electron chi connectivity index (χ1n) is 11.7. The Kier molecular flexibility index (Phi) is 6.64. The lowest BCUT2D eigenvalue weighted by molar-refractivity contribution is -0.114. The number of pyridine rings is 1. The average Bonchev–Trinajstić information content (AvgIpc) is 3.35. The molecule has 1 saturated heterocycles. The molecule has 2 aromatic heterocycles. The SMILES string of the molecule is CC(=O)Nc1ccc(N2C(=S)N[C@@H](c3ccccn3)[C@H]2c2cc(C)n(-c3cccc(Br)c3)c2C)cc1. The number of thiocarbonyl (C=S) groups is 1. The molecule has 0 saturated carbocycles. The molecule has 0 unspecified atom stereocenters. The molecule has 3 heterocycles. The van der Waals surface area contributed by atoms with Gasteiger partial charge in [-0.15, -0.1) is 0 Å². The number of anilines is 2. The summed E-state index contributed by atoms with van der Waals surface area (Å²) in [6, 6.07) is 24.0. The second-order valence-electron chi connectivity index (χ2n) is 8.87. The largest absolute Gasteiger partial charge is 0.351 e. The molecular formula is C28H26BrN5OS. The van der Waals surface area contributed by atoms with Gasteiger partial charge in [0.25, 0.3) is 0 Å². The summed E-state index contributed by atoms with van der Waals surface area (Å²) in [7, 11) is 0. The topological polar surface area (TPSA) is 62.2 Å². The highest BCUT2D eigenvalue weighted by atomic mass is 79.9. The summed E-state index contributed by atoms with van der Waals surface area (Å²) < 4.78 is 3.31. The van der Waals surface area contributed by atoms with E-state index in [0.29, 0.717) is 5.11 Å². The summed E-state index contributed by atoms with van der Waals surface area (Å²) in [4.78, 5) is 18.3. The van der Waals surface area contributed by atoms with Gasteiger partial charge in [-0.2, -0.15) is 0 Å². The maximum atomic E-state index is 11.5. The molecular weight excluding hydrogens is 534 g/mol. The third-order valence-electron chi connectivity index (χ3n) is 6.42. The van der Waals surface area contributed by atoms with E-state index in [-0.39, 0.29) is 18.0 Å². The van der Waals surface area contributed by atoms with Crippen molar-refractivity contribution in [1.29, 1.82) is 0 Å². The monoisotopic (exact) mass is 559 g/mol. The zero-order chi connectivity index (χ0) is 25.4. The standard InChI is InChI=1S/C28H26BrN5OS/c1-17-15-24(18(2)33(17)23-8-6-7-20(29)16-23)27-26(25-9-4-5-14-30-25)32-28(36)34(27)22-12-10-21(11-13-22)31-19(3)35/h4-16,26-27H,1-3H3,(H,31,35)(H,32,36)/t26-,27+/m0/s1. The van der Waals surface area contributed by atoms with Gasteiger partial charge in [-0.25, -0.2) is 0 Å². The van der Waals surface area contributed by atoms with Gasteiger partial charge in [0, 0.05) is 46.0 Å². The van der Waals surface area contributed by atoms with E-state index < -0.39 is 0 Å². The summed E-state index contributed by atoms with van der Waals surface area (Å²) in [6.45, 7) is 5.78. The molecule has 0 spiro atoms. The lowest BCUT2D eigenvalue weighted by Gasteiger charge is -2.28. The number of aryl methyl sites for hydroxylation is 1. The van der Waals surface area contributed by atoms with Gasteiger partial charge in [0.1, 0.15) is 0 Å². The van der Waals surface area contributed by atoms with Gasteiger partial charge < -0.3 is 20.1 Å². The van der Waals surface area contributed by atoms with Crippen LogP contribution in [0.1, 0.15) is 41.7 Å². The molecule has 1 aliphatic heterocycles. The van der Waals surface area contributed by atoms with Crippen molar-refractivity contribution < 1.29 is 4.79 Å². The van der Waals surface area contributed by atoms with E-state index in [1.54, 1.807) is 0 Å². The number of nitrogens with zero attached hydrogens (tertiary/aromatic N) is 3. The van der Waals surface area contributed by atoms with E-state index in [2.05, 4.69) is 73.1 Å². The maximum absolute atomic E-state index is 11.5. The number of aromatic nitrogens is 2. The van der Waals surface area contributed by atoms with Crippen LogP contribution in [0.15, 0.2) is 83.5 Å². The van der Waals surface area contributed by atoms with Crippen molar-refractivity contribution in [1.82, 2.24) is 14.9 Å². The molecule has 182 valence electrons. The van der Waals surface area contributed by atoms with Crippen LogP contribution in [0.3, 0.4) is 0 Å². The zero-order valence-electron chi connectivity index (χ0n) is 20.2. The molecule has 2 aromatic carbocycles. The Morgan fingerprint density at radius 3 is 2.47 bits per heavy atom. The van der Waals surface area contributed by atoms with Crippen LogP contribution in [0.25, 0.3) is 5.69 Å². The van der Waals surface area contributed by atoms with Crippen LogP contribution in [-0.4, -0.2) is 20.6 Å². The number of hydrogen-bond donors (Lipinski definition) is 2. The fourth-order valence-electron chi connectivity index (χ4n) is 4.96. The maximum Gasteiger partial charge on any atom is 0.221 e. The number of nitrogens with one attached hydrogen (secondary N) is 2. The van der Waals surface area contributed by atoms with Gasteiger partial charge in [0.15, 0.2) is 5.11 Å². The number of carbonyl (C=O) groups is 1. The molecule has 1 amide bonds. The summed E-state index contributed by atoms with van der Waals surface area (Å²) in [5.41, 5.74) is 7.16. The lowest BCUT2D eigenvalue weighted by atomic mass is 9.96. The molecule has 2 atom stereocenters. The lowest BCUT2D eigenvalue weighted by Crippen LogP contribution is -2.29. The summed E-state index contributed by atoms with van der Waals surface area (Å²) in [5.74, 6) is -0.103.